The fourth-order valence-corrected chi connectivity index (χ4v) is 1.35. The lowest BCUT2D eigenvalue weighted by Crippen LogP contribution is -1.73. The van der Waals surface area contributed by atoms with Crippen molar-refractivity contribution >= 4 is 20.4 Å². The Kier molecular flexibility index (Phi) is 3.81. The lowest BCUT2D eigenvalue weighted by molar-refractivity contribution is 1.42. The highest BCUT2D eigenvalue weighted by Crippen LogP contribution is 2.20. The fourth-order valence-electron chi connectivity index (χ4n) is 0.902. The van der Waals surface area contributed by atoms with Crippen molar-refractivity contribution in [2.24, 2.45) is 0 Å². The molecule has 62 valence electrons. The topological polar surface area (TPSA) is 0 Å². The zero-order valence-electron chi connectivity index (χ0n) is 6.83. The molecule has 0 atom stereocenters. The second kappa shape index (κ2) is 4.94. The van der Waals surface area contributed by atoms with E-state index in [9.17, 15) is 0 Å². The molecule has 0 aliphatic rings. The molecule has 0 saturated heterocycles. The fraction of sp³-hybridized carbons (Fsp3) is 0.0909. The Morgan fingerprint density at radius 1 is 1.33 bits per heavy atom. The quantitative estimate of drug-likeness (QED) is 0.679. The molecule has 0 amide bonds. The molecule has 0 spiro atoms. The van der Waals surface area contributed by atoms with Crippen molar-refractivity contribution in [3.05, 3.63) is 54.6 Å². The van der Waals surface area contributed by atoms with E-state index < -0.39 is 0 Å². The molecule has 0 aliphatic carbocycles. The molecule has 0 unspecified atom stereocenters. The van der Waals surface area contributed by atoms with Gasteiger partial charge in [0, 0.05) is 4.48 Å². The summed E-state index contributed by atoms with van der Waals surface area (Å²) in [5, 5.41) is 0. The number of hydrogen-bond donors (Lipinski definition) is 0. The van der Waals surface area contributed by atoms with Crippen molar-refractivity contribution in [3.8, 4) is 0 Å². The van der Waals surface area contributed by atoms with Crippen LogP contribution in [-0.2, 0) is 0 Å². The lowest BCUT2D eigenvalue weighted by atomic mass is 10.2. The molecule has 1 aromatic rings. The minimum Gasteiger partial charge on any atom is -0.103 e. The number of hydrogen-bond acceptors (Lipinski definition) is 0. The molecule has 0 radical (unpaired) electrons. The van der Waals surface area contributed by atoms with Gasteiger partial charge in [0.2, 0.25) is 0 Å². The Morgan fingerprint density at radius 3 is 2.58 bits per heavy atom. The third-order valence-electron chi connectivity index (χ3n) is 1.51. The smallest absolute Gasteiger partial charge is 0.0210 e. The van der Waals surface area contributed by atoms with Crippen LogP contribution >= 0.6 is 15.9 Å². The second-order valence-corrected chi connectivity index (χ2v) is 3.30. The summed E-state index contributed by atoms with van der Waals surface area (Å²) in [7, 11) is 0. The minimum atomic E-state index is 0.898. The van der Waals surface area contributed by atoms with Gasteiger partial charge in [-0.2, -0.15) is 0 Å². The van der Waals surface area contributed by atoms with Crippen LogP contribution in [-0.4, -0.2) is 0 Å². The van der Waals surface area contributed by atoms with Gasteiger partial charge < -0.3 is 0 Å². The van der Waals surface area contributed by atoms with Crippen LogP contribution in [0.1, 0.15) is 12.0 Å². The molecule has 1 heteroatoms. The van der Waals surface area contributed by atoms with Crippen LogP contribution in [0.25, 0.3) is 4.48 Å². The average Bonchev–Trinajstić information content (AvgIpc) is 2.15. The molecular weight excluding hydrogens is 212 g/mol. The molecule has 0 nitrogen and oxygen atoms in total. The number of allylic oxidation sites excluding steroid dienone is 2. The van der Waals surface area contributed by atoms with E-state index in [1.165, 1.54) is 5.56 Å². The Hall–Kier alpha value is -0.820. The van der Waals surface area contributed by atoms with Gasteiger partial charge in [-0.25, -0.2) is 0 Å². The average molecular weight is 223 g/mol. The summed E-state index contributed by atoms with van der Waals surface area (Å²) in [6.07, 6.45) is 4.88. The van der Waals surface area contributed by atoms with Crippen LogP contribution in [0.5, 0.6) is 0 Å². The SMILES string of the molecule is C=CC/C=C(\Br)c1ccccc1. The lowest BCUT2D eigenvalue weighted by Gasteiger charge is -1.96. The van der Waals surface area contributed by atoms with Crippen molar-refractivity contribution in [1.29, 1.82) is 0 Å². The largest absolute Gasteiger partial charge is 0.103 e. The first-order valence-corrected chi connectivity index (χ1v) is 4.66. The van der Waals surface area contributed by atoms with Gasteiger partial charge in [-0.15, -0.1) is 6.58 Å². The maximum absolute atomic E-state index is 3.66. The van der Waals surface area contributed by atoms with E-state index in [1.807, 2.05) is 24.3 Å². The van der Waals surface area contributed by atoms with Gasteiger partial charge >= 0.3 is 0 Å². The molecule has 12 heavy (non-hydrogen) atoms. The van der Waals surface area contributed by atoms with Gasteiger partial charge in [-0.3, -0.25) is 0 Å². The molecule has 0 fully saturated rings. The highest BCUT2D eigenvalue weighted by molar-refractivity contribution is 9.15. The van der Waals surface area contributed by atoms with Gasteiger partial charge in [0.05, 0.1) is 0 Å². The maximum atomic E-state index is 3.66. The summed E-state index contributed by atoms with van der Waals surface area (Å²) in [4.78, 5) is 0. The van der Waals surface area contributed by atoms with Crippen LogP contribution in [0, 0.1) is 0 Å². The molecule has 0 aromatic heterocycles. The summed E-state index contributed by atoms with van der Waals surface area (Å²) in [5.41, 5.74) is 1.21. The Labute approximate surface area is 81.7 Å². The van der Waals surface area contributed by atoms with Gasteiger partial charge in [0.1, 0.15) is 0 Å². The van der Waals surface area contributed by atoms with Crippen molar-refractivity contribution in [2.45, 2.75) is 6.42 Å². The predicted molar refractivity (Wildman–Crippen MR) is 58.2 cm³/mol. The third kappa shape index (κ3) is 2.67. The molecule has 0 saturated carbocycles. The van der Waals surface area contributed by atoms with Gasteiger partial charge in [0.25, 0.3) is 0 Å². The van der Waals surface area contributed by atoms with Gasteiger partial charge in [0.15, 0.2) is 0 Å². The zero-order chi connectivity index (χ0) is 8.81. The number of rotatable bonds is 3. The summed E-state index contributed by atoms with van der Waals surface area (Å²) < 4.78 is 1.13. The van der Waals surface area contributed by atoms with E-state index >= 15 is 0 Å². The molecule has 1 rings (SSSR count). The van der Waals surface area contributed by atoms with Crippen molar-refractivity contribution in [1.82, 2.24) is 0 Å². The number of halogens is 1. The summed E-state index contributed by atoms with van der Waals surface area (Å²) in [6.45, 7) is 3.66. The van der Waals surface area contributed by atoms with Crippen molar-refractivity contribution in [3.63, 3.8) is 0 Å². The standard InChI is InChI=1S/C11H11Br/c1-2-3-9-11(12)10-7-5-4-6-8-10/h2,4-9H,1,3H2/b11-9-. The van der Waals surface area contributed by atoms with E-state index in [1.54, 1.807) is 0 Å². The predicted octanol–water partition coefficient (Wildman–Crippen LogP) is 4.00. The second-order valence-electron chi connectivity index (χ2n) is 2.44. The monoisotopic (exact) mass is 222 g/mol. The first-order valence-electron chi connectivity index (χ1n) is 3.86. The summed E-state index contributed by atoms with van der Waals surface area (Å²) >= 11 is 3.50. The molecule has 1 aromatic carbocycles. The van der Waals surface area contributed by atoms with Gasteiger partial charge in [-0.1, -0.05) is 58.4 Å². The minimum absolute atomic E-state index is 0.898. The molecule has 0 heterocycles. The van der Waals surface area contributed by atoms with E-state index in [4.69, 9.17) is 0 Å². The Bertz CT molecular complexity index is 272. The van der Waals surface area contributed by atoms with E-state index in [0.29, 0.717) is 0 Å². The van der Waals surface area contributed by atoms with Gasteiger partial charge in [-0.05, 0) is 12.0 Å². The third-order valence-corrected chi connectivity index (χ3v) is 2.29. The van der Waals surface area contributed by atoms with Crippen LogP contribution in [0.15, 0.2) is 49.1 Å². The molecule has 0 aliphatic heterocycles. The highest BCUT2D eigenvalue weighted by Gasteiger charge is 1.92. The highest BCUT2D eigenvalue weighted by atomic mass is 79.9. The normalized spacial score (nSPS) is 11.2. The van der Waals surface area contributed by atoms with Crippen LogP contribution < -0.4 is 0 Å². The maximum Gasteiger partial charge on any atom is 0.0210 e. The first-order chi connectivity index (χ1) is 5.84. The number of benzene rings is 1. The van der Waals surface area contributed by atoms with Crippen LogP contribution in [0.2, 0.25) is 0 Å². The first kappa shape index (κ1) is 9.27. The van der Waals surface area contributed by atoms with E-state index in [-0.39, 0.29) is 0 Å². The van der Waals surface area contributed by atoms with E-state index in [2.05, 4.69) is 40.7 Å². The van der Waals surface area contributed by atoms with Crippen LogP contribution in [0.3, 0.4) is 0 Å². The molecule has 0 N–H and O–H groups in total. The summed E-state index contributed by atoms with van der Waals surface area (Å²) in [5.74, 6) is 0. The molecular formula is C11H11Br. The zero-order valence-corrected chi connectivity index (χ0v) is 8.42. The van der Waals surface area contributed by atoms with Crippen molar-refractivity contribution in [2.75, 3.05) is 0 Å². The molecule has 0 bridgehead atoms. The van der Waals surface area contributed by atoms with Crippen LogP contribution in [0.4, 0.5) is 0 Å². The summed E-state index contributed by atoms with van der Waals surface area (Å²) in [6, 6.07) is 10.2. The van der Waals surface area contributed by atoms with E-state index in [0.717, 1.165) is 10.9 Å². The van der Waals surface area contributed by atoms with Crippen molar-refractivity contribution < 1.29 is 0 Å². The Morgan fingerprint density at radius 2 is 2.00 bits per heavy atom. The Balaban J connectivity index is 2.77.